The van der Waals surface area contributed by atoms with Crippen molar-refractivity contribution in [3.8, 4) is 5.75 Å². The first-order valence-corrected chi connectivity index (χ1v) is 10.5. The average Bonchev–Trinajstić information content (AvgIpc) is 3.12. The number of benzene rings is 1. The van der Waals surface area contributed by atoms with Crippen molar-refractivity contribution >= 4 is 11.8 Å². The van der Waals surface area contributed by atoms with Crippen LogP contribution in [-0.2, 0) is 16.1 Å². The number of rotatable bonds is 9. The summed E-state index contributed by atoms with van der Waals surface area (Å²) in [6, 6.07) is 8.29. The summed E-state index contributed by atoms with van der Waals surface area (Å²) < 4.78 is 5.21. The number of hydrogen-bond donors (Lipinski definition) is 3. The Kier molecular flexibility index (Phi) is 7.68. The average molecular weight is 391 g/mol. The van der Waals surface area contributed by atoms with E-state index < -0.39 is 0 Å². The number of hydrogen-bond acceptors (Lipinski definition) is 3. The van der Waals surface area contributed by atoms with Gasteiger partial charge in [0.2, 0.25) is 5.91 Å². The Morgan fingerprint density at radius 3 is 2.50 bits per heavy atom. The Morgan fingerprint density at radius 2 is 1.86 bits per heavy atom. The Balaban J connectivity index is 1.28. The first-order chi connectivity index (χ1) is 13.6. The van der Waals surface area contributed by atoms with Gasteiger partial charge in [0.05, 0.1) is 7.11 Å². The molecule has 0 radical (unpaired) electrons. The van der Waals surface area contributed by atoms with Crippen LogP contribution in [0.25, 0.3) is 0 Å². The summed E-state index contributed by atoms with van der Waals surface area (Å²) in [5.74, 6) is 1.28. The molecule has 2 saturated heterocycles. The summed E-state index contributed by atoms with van der Waals surface area (Å²) >= 11 is 0. The van der Waals surface area contributed by atoms with E-state index in [1.54, 1.807) is 12.0 Å². The molecule has 0 spiro atoms. The van der Waals surface area contributed by atoms with Crippen LogP contribution in [0.4, 0.5) is 0 Å². The molecule has 0 unspecified atom stereocenters. The van der Waals surface area contributed by atoms with Gasteiger partial charge in [-0.1, -0.05) is 0 Å². The van der Waals surface area contributed by atoms with Gasteiger partial charge in [-0.3, -0.25) is 9.59 Å². The minimum absolute atomic E-state index is 0.126. The maximum absolute atomic E-state index is 12.2. The predicted octanol–water partition coefficient (Wildman–Crippen LogP) is -1.89. The number of quaternary nitrogens is 2. The predicted molar refractivity (Wildman–Crippen MR) is 106 cm³/mol. The molecule has 0 aliphatic carbocycles. The van der Waals surface area contributed by atoms with Crippen LogP contribution >= 0.6 is 0 Å². The van der Waals surface area contributed by atoms with E-state index in [-0.39, 0.29) is 11.8 Å². The highest BCUT2D eigenvalue weighted by Gasteiger charge is 2.25. The number of carbonyl (C=O) groups excluding carboxylic acids is 2. The first-order valence-electron chi connectivity index (χ1n) is 10.5. The second-order valence-corrected chi connectivity index (χ2v) is 7.89. The zero-order chi connectivity index (χ0) is 19.8. The zero-order valence-corrected chi connectivity index (χ0v) is 17.0. The maximum Gasteiger partial charge on any atom is 0.275 e. The third kappa shape index (κ3) is 6.21. The fourth-order valence-electron chi connectivity index (χ4n) is 4.07. The van der Waals surface area contributed by atoms with Gasteiger partial charge in [0.25, 0.3) is 5.91 Å². The summed E-state index contributed by atoms with van der Waals surface area (Å²) in [5.41, 5.74) is 1.33. The topological polar surface area (TPSA) is 67.5 Å². The molecule has 3 N–H and O–H groups in total. The molecule has 28 heavy (non-hydrogen) atoms. The summed E-state index contributed by atoms with van der Waals surface area (Å²) in [5, 5.41) is 3.01. The molecule has 154 valence electrons. The van der Waals surface area contributed by atoms with Gasteiger partial charge in [-0.2, -0.15) is 0 Å². The lowest BCUT2D eigenvalue weighted by Gasteiger charge is -2.29. The third-order valence-corrected chi connectivity index (χ3v) is 5.79. The summed E-state index contributed by atoms with van der Waals surface area (Å²) in [6.45, 7) is 8.11. The van der Waals surface area contributed by atoms with Crippen LogP contribution in [0.5, 0.6) is 5.75 Å². The largest absolute Gasteiger partial charge is 0.497 e. The van der Waals surface area contributed by atoms with Gasteiger partial charge in [-0.15, -0.1) is 0 Å². The van der Waals surface area contributed by atoms with Crippen molar-refractivity contribution in [2.45, 2.75) is 25.8 Å². The monoisotopic (exact) mass is 390 g/mol. The number of amides is 2. The second kappa shape index (κ2) is 10.4. The number of ether oxygens (including phenoxy) is 1. The van der Waals surface area contributed by atoms with Crippen molar-refractivity contribution in [1.82, 2.24) is 10.2 Å². The molecular weight excluding hydrogens is 356 g/mol. The Hall–Kier alpha value is -2.12. The normalized spacial score (nSPS) is 22.3. The minimum atomic E-state index is 0.126. The molecule has 2 aliphatic heterocycles. The number of methoxy groups -OCH3 is 1. The van der Waals surface area contributed by atoms with Crippen LogP contribution in [0.2, 0.25) is 0 Å². The van der Waals surface area contributed by atoms with Crippen LogP contribution in [0, 0.1) is 0 Å². The molecule has 0 atom stereocenters. The van der Waals surface area contributed by atoms with Crippen molar-refractivity contribution in [2.75, 3.05) is 59.5 Å². The molecule has 3 rings (SSSR count). The lowest BCUT2D eigenvalue weighted by Crippen LogP contribution is -3.28. The van der Waals surface area contributed by atoms with Gasteiger partial charge in [0.1, 0.15) is 38.5 Å². The van der Waals surface area contributed by atoms with Crippen molar-refractivity contribution < 1.29 is 24.1 Å². The Bertz CT molecular complexity index is 642. The molecule has 1 aromatic rings. The zero-order valence-electron chi connectivity index (χ0n) is 17.0. The molecule has 7 nitrogen and oxygen atoms in total. The van der Waals surface area contributed by atoms with Crippen LogP contribution in [-0.4, -0.2) is 76.2 Å². The van der Waals surface area contributed by atoms with E-state index in [2.05, 4.69) is 17.4 Å². The molecule has 2 heterocycles. The number of piperazine rings is 1. The minimum Gasteiger partial charge on any atom is -0.497 e. The van der Waals surface area contributed by atoms with Gasteiger partial charge < -0.3 is 24.8 Å². The van der Waals surface area contributed by atoms with E-state index in [0.29, 0.717) is 19.5 Å². The summed E-state index contributed by atoms with van der Waals surface area (Å²) in [4.78, 5) is 28.6. The lowest BCUT2D eigenvalue weighted by molar-refractivity contribution is -1.02. The number of nitrogens with zero attached hydrogens (tertiary/aromatic N) is 1. The van der Waals surface area contributed by atoms with Crippen molar-refractivity contribution in [2.24, 2.45) is 0 Å². The number of likely N-dealkylation sites (tertiary alicyclic amines) is 1. The van der Waals surface area contributed by atoms with E-state index in [0.717, 1.165) is 64.4 Å². The highest BCUT2D eigenvalue weighted by Crippen LogP contribution is 2.10. The fraction of sp³-hybridized carbons (Fsp3) is 0.619. The molecule has 0 saturated carbocycles. The summed E-state index contributed by atoms with van der Waals surface area (Å²) in [7, 11) is 1.69. The van der Waals surface area contributed by atoms with Gasteiger partial charge in [-0.05, 0) is 37.1 Å². The van der Waals surface area contributed by atoms with Gasteiger partial charge in [0, 0.05) is 31.6 Å². The smallest absolute Gasteiger partial charge is 0.275 e. The highest BCUT2D eigenvalue weighted by atomic mass is 16.5. The van der Waals surface area contributed by atoms with E-state index in [1.165, 1.54) is 10.5 Å². The molecule has 1 aromatic carbocycles. The fourth-order valence-corrected chi connectivity index (χ4v) is 4.07. The standard InChI is InChI=1S/C21H32N4O3/c1-28-19-7-5-18(6-8-19)16-23-12-14-24(15-13-23)17-20(26)22-9-3-11-25-10-2-4-21(25)27/h5-8H,2-4,9-17H2,1H3,(H,22,26)/p+2. The van der Waals surface area contributed by atoms with Gasteiger partial charge in [-0.25, -0.2) is 0 Å². The summed E-state index contributed by atoms with van der Waals surface area (Å²) in [6.07, 6.45) is 2.50. The molecule has 0 aromatic heterocycles. The van der Waals surface area contributed by atoms with Crippen molar-refractivity contribution in [3.63, 3.8) is 0 Å². The van der Waals surface area contributed by atoms with E-state index >= 15 is 0 Å². The number of nitrogens with one attached hydrogen (secondary N) is 3. The maximum atomic E-state index is 12.2. The van der Waals surface area contributed by atoms with Crippen molar-refractivity contribution in [3.05, 3.63) is 29.8 Å². The molecule has 2 aliphatic rings. The van der Waals surface area contributed by atoms with Crippen molar-refractivity contribution in [1.29, 1.82) is 0 Å². The first kappa shape index (κ1) is 20.6. The van der Waals surface area contributed by atoms with E-state index in [1.807, 2.05) is 17.0 Å². The third-order valence-electron chi connectivity index (χ3n) is 5.79. The Morgan fingerprint density at radius 1 is 1.14 bits per heavy atom. The SMILES string of the molecule is COc1ccc(C[NH+]2CC[NH+](CC(=O)NCCCN3CCCC3=O)CC2)cc1. The molecular formula is C21H34N4O3+2. The van der Waals surface area contributed by atoms with Crippen LogP contribution < -0.4 is 19.9 Å². The second-order valence-electron chi connectivity index (χ2n) is 7.89. The lowest BCUT2D eigenvalue weighted by atomic mass is 10.2. The quantitative estimate of drug-likeness (QED) is 0.432. The molecule has 7 heteroatoms. The molecule has 0 bridgehead atoms. The van der Waals surface area contributed by atoms with Crippen LogP contribution in [0.1, 0.15) is 24.8 Å². The van der Waals surface area contributed by atoms with E-state index in [4.69, 9.17) is 4.74 Å². The van der Waals surface area contributed by atoms with Gasteiger partial charge in [0.15, 0.2) is 6.54 Å². The van der Waals surface area contributed by atoms with Crippen LogP contribution in [0.15, 0.2) is 24.3 Å². The molecule has 2 amide bonds. The molecule has 2 fully saturated rings. The van der Waals surface area contributed by atoms with Crippen LogP contribution in [0.3, 0.4) is 0 Å². The highest BCUT2D eigenvalue weighted by molar-refractivity contribution is 5.78. The number of carbonyl (C=O) groups is 2. The van der Waals surface area contributed by atoms with E-state index in [9.17, 15) is 9.59 Å². The van der Waals surface area contributed by atoms with Gasteiger partial charge >= 0.3 is 0 Å². The Labute approximate surface area is 167 Å².